The van der Waals surface area contributed by atoms with Gasteiger partial charge in [-0.25, -0.2) is 8.78 Å². The Morgan fingerprint density at radius 2 is 0.761 bits per heavy atom. The molecule has 0 aliphatic carbocycles. The smallest absolute Gasteiger partial charge is 0.351 e. The summed E-state index contributed by atoms with van der Waals surface area (Å²) in [6.45, 7) is 4.84. The summed E-state index contributed by atoms with van der Waals surface area (Å²) < 4.78 is 179. The van der Waals surface area contributed by atoms with E-state index >= 15 is 0 Å². The number of nitrogens with zero attached hydrogens (tertiary/aromatic N) is 1. The Morgan fingerprint density at radius 1 is 0.543 bits per heavy atom. The molecule has 0 spiro atoms. The molecule has 0 fully saturated rings. The van der Waals surface area contributed by atoms with E-state index in [0.717, 1.165) is 20.3 Å². The highest BCUT2D eigenvalue weighted by molar-refractivity contribution is 9.10. The number of amides is 1. The summed E-state index contributed by atoms with van der Waals surface area (Å²) in [7, 11) is 3.38. The third-order valence-corrected chi connectivity index (χ3v) is 6.97. The van der Waals surface area contributed by atoms with Crippen LogP contribution in [0.25, 0.3) is 0 Å². The van der Waals surface area contributed by atoms with Crippen LogP contribution in [0, 0.1) is 27.7 Å². The molecule has 2 aromatic rings. The number of aldehydes is 1. The summed E-state index contributed by atoms with van der Waals surface area (Å²) in [5.74, 6) is 0. The lowest BCUT2D eigenvalue weighted by molar-refractivity contribution is -0.349. The van der Waals surface area contributed by atoms with Gasteiger partial charge in [0.05, 0.1) is 0 Å². The van der Waals surface area contributed by atoms with Crippen molar-refractivity contribution >= 4 is 28.6 Å². The van der Waals surface area contributed by atoms with Crippen molar-refractivity contribution in [3.8, 4) is 0 Å². The molecule has 0 aliphatic heterocycles. The highest BCUT2D eigenvalue weighted by Crippen LogP contribution is 2.55. The lowest BCUT2D eigenvalue weighted by atomic mass is 9.89. The molecule has 0 radical (unpaired) electrons. The van der Waals surface area contributed by atoms with Crippen molar-refractivity contribution in [2.75, 3.05) is 14.1 Å². The molecule has 0 atom stereocenters. The molecule has 18 heteroatoms. The highest BCUT2D eigenvalue weighted by atomic mass is 79.9. The van der Waals surface area contributed by atoms with E-state index in [9.17, 15) is 71.1 Å². The van der Waals surface area contributed by atoms with Crippen molar-refractivity contribution in [1.29, 1.82) is 0 Å². The van der Waals surface area contributed by atoms with Gasteiger partial charge in [0, 0.05) is 35.3 Å². The van der Waals surface area contributed by atoms with Crippen LogP contribution in [0.4, 0.5) is 61.5 Å². The van der Waals surface area contributed by atoms with Crippen LogP contribution < -0.4 is 0 Å². The second-order valence-corrected chi connectivity index (χ2v) is 10.2. The van der Waals surface area contributed by atoms with Gasteiger partial charge in [-0.15, -0.1) is 0 Å². The average molecular weight is 760 g/mol. The summed E-state index contributed by atoms with van der Waals surface area (Å²) in [4.78, 5) is 21.5. The summed E-state index contributed by atoms with van der Waals surface area (Å²) in [6, 6.07) is 1.85. The summed E-state index contributed by atoms with van der Waals surface area (Å²) in [6.07, 6.45) is -23.5. The van der Waals surface area contributed by atoms with Crippen molar-refractivity contribution in [1.82, 2.24) is 4.90 Å². The third-order valence-electron chi connectivity index (χ3n) is 5.72. The molecule has 0 aliphatic rings. The molecule has 0 N–H and O–H groups in total. The number of hydrogen-bond donors (Lipinski definition) is 0. The monoisotopic (exact) mass is 759 g/mol. The molecule has 0 saturated carbocycles. The van der Waals surface area contributed by atoms with Crippen LogP contribution in [0.15, 0.2) is 28.7 Å². The second-order valence-electron chi connectivity index (χ2n) is 9.44. The molecule has 0 saturated heterocycles. The predicted molar refractivity (Wildman–Crippen MR) is 148 cm³/mol. The van der Waals surface area contributed by atoms with Crippen LogP contribution in [0.3, 0.4) is 0 Å². The number of hydrogen-bond acceptors (Lipinski definition) is 2. The number of carbonyl (C=O) groups excluding carboxylic acids is 2. The summed E-state index contributed by atoms with van der Waals surface area (Å²) in [5.41, 5.74) is -14.1. The van der Waals surface area contributed by atoms with Crippen molar-refractivity contribution in [3.63, 3.8) is 0 Å². The predicted octanol–water partition coefficient (Wildman–Crippen LogP) is 10.7. The van der Waals surface area contributed by atoms with Crippen molar-refractivity contribution in [2.24, 2.45) is 0 Å². The van der Waals surface area contributed by atoms with Gasteiger partial charge >= 0.3 is 36.0 Å². The standard InChI is InChI=1S/C12H9F7O.C11H8BrF7.C3H7NO.2CH4/c1-6-3-8(4-7(2)9(6)5-20)10(13,11(14,15)16)12(17,18)19;1-5-3-7(4-6(2)8(5)12)9(13,10(14,15)16)11(17,18)19;1-4(2)3-5;;/h3-5H,1-2H3;3-4H,1-2H3;3H,1-2H3;2*1H4. The van der Waals surface area contributed by atoms with Crippen LogP contribution in [-0.2, 0) is 16.1 Å². The molecule has 0 heterocycles. The number of benzene rings is 2. The topological polar surface area (TPSA) is 37.4 Å². The normalized spacial score (nSPS) is 12.3. The number of alkyl halides is 14. The Kier molecular flexibility index (Phi) is 16.8. The van der Waals surface area contributed by atoms with Gasteiger partial charge in [0.15, 0.2) is 6.29 Å². The molecule has 266 valence electrons. The first-order chi connectivity index (χ1) is 19.4. The molecule has 46 heavy (non-hydrogen) atoms. The first-order valence-electron chi connectivity index (χ1n) is 11.6. The molecule has 0 aromatic heterocycles. The molecule has 2 rings (SSSR count). The molecular formula is C28H32BrF14NO2. The number of carbonyl (C=O) groups is 2. The average Bonchev–Trinajstić information content (AvgIpc) is 2.83. The fraction of sp³-hybridized carbons (Fsp3) is 0.500. The Hall–Kier alpha value is -2.92. The Morgan fingerprint density at radius 3 is 0.935 bits per heavy atom. The van der Waals surface area contributed by atoms with E-state index in [0.29, 0.717) is 28.7 Å². The highest BCUT2D eigenvalue weighted by Gasteiger charge is 2.74. The maximum atomic E-state index is 13.8. The van der Waals surface area contributed by atoms with Gasteiger partial charge in [-0.1, -0.05) is 55.0 Å². The zero-order valence-electron chi connectivity index (χ0n) is 23.4. The number of halogens is 15. The minimum atomic E-state index is -6.16. The van der Waals surface area contributed by atoms with Crippen molar-refractivity contribution in [3.05, 3.63) is 67.7 Å². The van der Waals surface area contributed by atoms with Gasteiger partial charge in [0.1, 0.15) is 0 Å². The SMILES string of the molecule is C.C.CN(C)C=O.Cc1cc(C(F)(C(F)(F)F)C(F)(F)F)cc(C)c1Br.Cc1cc(C(F)(C(F)(F)F)C(F)(F)F)cc(C)c1C=O. The maximum Gasteiger partial charge on any atom is 0.435 e. The molecule has 1 amide bonds. The molecule has 3 nitrogen and oxygen atoms in total. The number of aryl methyl sites for hydroxylation is 4. The van der Waals surface area contributed by atoms with E-state index < -0.39 is 47.2 Å². The van der Waals surface area contributed by atoms with Crippen LogP contribution >= 0.6 is 15.9 Å². The zero-order chi connectivity index (χ0) is 35.4. The lowest BCUT2D eigenvalue weighted by Gasteiger charge is -2.31. The Bertz CT molecular complexity index is 1240. The first kappa shape index (κ1) is 47.5. The van der Waals surface area contributed by atoms with E-state index in [1.165, 1.54) is 18.7 Å². The minimum Gasteiger partial charge on any atom is -0.351 e. The van der Waals surface area contributed by atoms with E-state index in [4.69, 9.17) is 0 Å². The fourth-order valence-electron chi connectivity index (χ4n) is 3.48. The van der Waals surface area contributed by atoms with E-state index in [1.807, 2.05) is 0 Å². The molecule has 0 unspecified atom stereocenters. The van der Waals surface area contributed by atoms with Crippen LogP contribution in [-0.4, -0.2) is 56.4 Å². The van der Waals surface area contributed by atoms with Crippen molar-refractivity contribution in [2.45, 2.75) is 78.6 Å². The zero-order valence-corrected chi connectivity index (χ0v) is 25.0. The molecule has 0 bridgehead atoms. The van der Waals surface area contributed by atoms with Gasteiger partial charge in [0.25, 0.3) is 0 Å². The third kappa shape index (κ3) is 10.0. The van der Waals surface area contributed by atoms with Gasteiger partial charge in [-0.2, -0.15) is 52.7 Å². The Balaban J connectivity index is -0.000000675. The second kappa shape index (κ2) is 16.3. The van der Waals surface area contributed by atoms with Crippen LogP contribution in [0.5, 0.6) is 0 Å². The van der Waals surface area contributed by atoms with E-state index in [-0.39, 0.29) is 49.0 Å². The van der Waals surface area contributed by atoms with Crippen molar-refractivity contribution < 1.29 is 71.1 Å². The van der Waals surface area contributed by atoms with E-state index in [1.54, 1.807) is 14.1 Å². The lowest BCUT2D eigenvalue weighted by Crippen LogP contribution is -2.50. The van der Waals surface area contributed by atoms with Gasteiger partial charge in [-0.05, 0) is 49.9 Å². The maximum absolute atomic E-state index is 13.8. The fourth-order valence-corrected chi connectivity index (χ4v) is 3.71. The van der Waals surface area contributed by atoms with Gasteiger partial charge in [-0.3, -0.25) is 9.59 Å². The van der Waals surface area contributed by atoms with Crippen LogP contribution in [0.1, 0.15) is 58.6 Å². The van der Waals surface area contributed by atoms with Gasteiger partial charge < -0.3 is 4.90 Å². The quantitative estimate of drug-likeness (QED) is 0.230. The number of rotatable bonds is 4. The summed E-state index contributed by atoms with van der Waals surface area (Å²) >= 11 is 3.00. The van der Waals surface area contributed by atoms with Gasteiger partial charge in [0.2, 0.25) is 6.41 Å². The molecule has 2 aromatic carbocycles. The first-order valence-corrected chi connectivity index (χ1v) is 12.3. The van der Waals surface area contributed by atoms with E-state index in [2.05, 4.69) is 15.9 Å². The van der Waals surface area contributed by atoms with Crippen LogP contribution in [0.2, 0.25) is 0 Å². The largest absolute Gasteiger partial charge is 0.435 e. The summed E-state index contributed by atoms with van der Waals surface area (Å²) in [5, 5.41) is 0. The Labute approximate surface area is 265 Å². The minimum absolute atomic E-state index is 0. The molecular weight excluding hydrogens is 728 g/mol.